The Balaban J connectivity index is 1.38. The van der Waals surface area contributed by atoms with Crippen molar-refractivity contribution in [2.75, 3.05) is 5.32 Å². The molecule has 10 heteroatoms. The second-order valence-corrected chi connectivity index (χ2v) is 8.41. The standard InChI is InChI=1S/C23H21F3N6O/c1-13-9-16(21-27-7-2-8-28-21)20(30-11-13)22(33)32-15-4-5-18(32)17(10-15)31-19-6-3-14(12-29-19)23(24,25)26/h2-3,6-9,11-12,15,17-18H,4-5,10H2,1H3,(H,29,31)/t15-,17-,18+/m1/s1. The molecule has 3 aromatic rings. The molecule has 1 N–H and O–H groups in total. The number of nitrogens with one attached hydrogen (secondary N) is 1. The van der Waals surface area contributed by atoms with Crippen LogP contribution in [0.5, 0.6) is 0 Å². The monoisotopic (exact) mass is 454 g/mol. The molecule has 2 aliphatic rings. The number of hydrogen-bond donors (Lipinski definition) is 1. The Bertz CT molecular complexity index is 1170. The summed E-state index contributed by atoms with van der Waals surface area (Å²) in [7, 11) is 0. The summed E-state index contributed by atoms with van der Waals surface area (Å²) in [5, 5.41) is 3.23. The third-order valence-electron chi connectivity index (χ3n) is 6.23. The van der Waals surface area contributed by atoms with Crippen molar-refractivity contribution in [1.82, 2.24) is 24.8 Å². The molecule has 5 rings (SSSR count). The van der Waals surface area contributed by atoms with Crippen molar-refractivity contribution in [3.63, 3.8) is 0 Å². The number of alkyl halides is 3. The first-order valence-electron chi connectivity index (χ1n) is 10.7. The molecule has 5 heterocycles. The highest BCUT2D eigenvalue weighted by Crippen LogP contribution is 2.40. The number of nitrogens with zero attached hydrogens (tertiary/aromatic N) is 5. The van der Waals surface area contributed by atoms with Crippen LogP contribution in [0.3, 0.4) is 0 Å². The van der Waals surface area contributed by atoms with Gasteiger partial charge in [-0.1, -0.05) is 0 Å². The molecule has 2 saturated heterocycles. The first kappa shape index (κ1) is 21.3. The van der Waals surface area contributed by atoms with Crippen molar-refractivity contribution >= 4 is 11.7 Å². The maximum absolute atomic E-state index is 13.6. The Hall–Kier alpha value is -3.56. The lowest BCUT2D eigenvalue weighted by molar-refractivity contribution is -0.137. The molecule has 3 aromatic heterocycles. The number of carbonyl (C=O) groups excluding carboxylic acids is 1. The number of halogens is 3. The molecule has 2 bridgehead atoms. The number of aromatic nitrogens is 4. The molecule has 0 saturated carbocycles. The fourth-order valence-electron chi connectivity index (χ4n) is 4.77. The van der Waals surface area contributed by atoms with Crippen LogP contribution < -0.4 is 5.32 Å². The molecular formula is C23H21F3N6O. The summed E-state index contributed by atoms with van der Waals surface area (Å²) in [5.74, 6) is 0.613. The minimum atomic E-state index is -4.43. The Morgan fingerprint density at radius 3 is 2.58 bits per heavy atom. The van der Waals surface area contributed by atoms with Crippen LogP contribution >= 0.6 is 0 Å². The van der Waals surface area contributed by atoms with Gasteiger partial charge in [-0.05, 0) is 56.0 Å². The van der Waals surface area contributed by atoms with E-state index in [4.69, 9.17) is 0 Å². The van der Waals surface area contributed by atoms with Gasteiger partial charge in [-0.3, -0.25) is 9.78 Å². The number of pyridine rings is 2. The molecule has 1 amide bonds. The molecule has 0 unspecified atom stereocenters. The van der Waals surface area contributed by atoms with Crippen molar-refractivity contribution in [2.24, 2.45) is 0 Å². The van der Waals surface area contributed by atoms with Crippen molar-refractivity contribution in [3.05, 3.63) is 65.9 Å². The van der Waals surface area contributed by atoms with E-state index < -0.39 is 11.7 Å². The van der Waals surface area contributed by atoms with Gasteiger partial charge in [-0.15, -0.1) is 0 Å². The zero-order chi connectivity index (χ0) is 23.2. The van der Waals surface area contributed by atoms with Gasteiger partial charge in [0.05, 0.1) is 17.2 Å². The Kier molecular flexibility index (Phi) is 5.22. The number of carbonyl (C=O) groups is 1. The fourth-order valence-corrected chi connectivity index (χ4v) is 4.77. The second-order valence-electron chi connectivity index (χ2n) is 8.41. The number of anilines is 1. The van der Waals surface area contributed by atoms with Crippen LogP contribution in [0.4, 0.5) is 19.0 Å². The highest BCUT2D eigenvalue weighted by molar-refractivity contribution is 5.99. The van der Waals surface area contributed by atoms with E-state index in [-0.39, 0.29) is 24.0 Å². The van der Waals surface area contributed by atoms with Crippen molar-refractivity contribution in [3.8, 4) is 11.4 Å². The molecule has 170 valence electrons. The van der Waals surface area contributed by atoms with Crippen molar-refractivity contribution in [2.45, 2.75) is 50.5 Å². The Morgan fingerprint density at radius 2 is 1.88 bits per heavy atom. The molecule has 2 aliphatic heterocycles. The summed E-state index contributed by atoms with van der Waals surface area (Å²) in [6.45, 7) is 1.89. The second kappa shape index (κ2) is 8.09. The van der Waals surface area contributed by atoms with E-state index >= 15 is 0 Å². The van der Waals surface area contributed by atoms with Gasteiger partial charge in [-0.25, -0.2) is 15.0 Å². The van der Waals surface area contributed by atoms with Gasteiger partial charge in [0.15, 0.2) is 5.82 Å². The topological polar surface area (TPSA) is 83.9 Å². The molecule has 0 radical (unpaired) electrons. The largest absolute Gasteiger partial charge is 0.417 e. The number of rotatable bonds is 4. The molecule has 0 spiro atoms. The molecule has 7 nitrogen and oxygen atoms in total. The predicted octanol–water partition coefficient (Wildman–Crippen LogP) is 4.12. The van der Waals surface area contributed by atoms with Gasteiger partial charge in [-0.2, -0.15) is 13.2 Å². The lowest BCUT2D eigenvalue weighted by Gasteiger charge is -2.25. The van der Waals surface area contributed by atoms with Crippen molar-refractivity contribution in [1.29, 1.82) is 0 Å². The zero-order valence-corrected chi connectivity index (χ0v) is 17.8. The van der Waals surface area contributed by atoms with E-state index in [1.54, 1.807) is 24.7 Å². The molecule has 0 aromatic carbocycles. The van der Waals surface area contributed by atoms with Gasteiger partial charge in [0, 0.05) is 36.9 Å². The van der Waals surface area contributed by atoms with Crippen LogP contribution in [0.15, 0.2) is 49.1 Å². The van der Waals surface area contributed by atoms with E-state index in [1.165, 1.54) is 6.07 Å². The third kappa shape index (κ3) is 4.01. The molecule has 2 fully saturated rings. The summed E-state index contributed by atoms with van der Waals surface area (Å²) in [4.78, 5) is 32.4. The number of aryl methyl sites for hydroxylation is 1. The van der Waals surface area contributed by atoms with Crippen LogP contribution in [-0.2, 0) is 6.18 Å². The quantitative estimate of drug-likeness (QED) is 0.639. The predicted molar refractivity (Wildman–Crippen MR) is 114 cm³/mol. The Labute approximate surface area is 188 Å². The van der Waals surface area contributed by atoms with Crippen LogP contribution in [0, 0.1) is 6.92 Å². The van der Waals surface area contributed by atoms with Gasteiger partial charge in [0.1, 0.15) is 11.5 Å². The van der Waals surface area contributed by atoms with Gasteiger partial charge < -0.3 is 10.2 Å². The van der Waals surface area contributed by atoms with Gasteiger partial charge >= 0.3 is 6.18 Å². The molecule has 0 aliphatic carbocycles. The van der Waals surface area contributed by atoms with E-state index in [2.05, 4.69) is 25.3 Å². The van der Waals surface area contributed by atoms with Crippen LogP contribution in [-0.4, -0.2) is 48.9 Å². The lowest BCUT2D eigenvalue weighted by atomic mass is 9.95. The highest BCUT2D eigenvalue weighted by atomic mass is 19.4. The number of hydrogen-bond acceptors (Lipinski definition) is 6. The minimum Gasteiger partial charge on any atom is -0.365 e. The smallest absolute Gasteiger partial charge is 0.365 e. The van der Waals surface area contributed by atoms with Crippen molar-refractivity contribution < 1.29 is 18.0 Å². The Morgan fingerprint density at radius 1 is 1.09 bits per heavy atom. The average Bonchev–Trinajstić information content (AvgIpc) is 3.37. The first-order valence-corrected chi connectivity index (χ1v) is 10.7. The van der Waals surface area contributed by atoms with Crippen LogP contribution in [0.25, 0.3) is 11.4 Å². The van der Waals surface area contributed by atoms with E-state index in [1.807, 2.05) is 17.9 Å². The van der Waals surface area contributed by atoms with Gasteiger partial charge in [0.2, 0.25) is 0 Å². The fraction of sp³-hybridized carbons (Fsp3) is 0.348. The lowest BCUT2D eigenvalue weighted by Crippen LogP contribution is -2.40. The maximum atomic E-state index is 13.6. The summed E-state index contributed by atoms with van der Waals surface area (Å²) in [6.07, 6.45) is 3.66. The SMILES string of the molecule is Cc1cnc(C(=O)N2[C@@H]3CC[C@H]2[C@H](Nc2ccc(C(F)(F)F)cn2)C3)c(-c2ncccn2)c1. The summed E-state index contributed by atoms with van der Waals surface area (Å²) in [6, 6.07) is 5.73. The summed E-state index contributed by atoms with van der Waals surface area (Å²) >= 11 is 0. The maximum Gasteiger partial charge on any atom is 0.417 e. The number of fused-ring (bicyclic) bond motifs is 2. The summed E-state index contributed by atoms with van der Waals surface area (Å²) in [5.41, 5.74) is 0.989. The third-order valence-corrected chi connectivity index (χ3v) is 6.23. The average molecular weight is 454 g/mol. The molecular weight excluding hydrogens is 433 g/mol. The normalized spacial score (nSPS) is 21.9. The minimum absolute atomic E-state index is 0.0297. The molecule has 3 atom stereocenters. The summed E-state index contributed by atoms with van der Waals surface area (Å²) < 4.78 is 38.4. The van der Waals surface area contributed by atoms with E-state index in [0.29, 0.717) is 29.3 Å². The number of amides is 1. The first-order chi connectivity index (χ1) is 15.8. The van der Waals surface area contributed by atoms with E-state index in [9.17, 15) is 18.0 Å². The zero-order valence-electron chi connectivity index (χ0n) is 17.8. The van der Waals surface area contributed by atoms with E-state index in [0.717, 1.165) is 30.7 Å². The molecule has 33 heavy (non-hydrogen) atoms. The van der Waals surface area contributed by atoms with Gasteiger partial charge in [0.25, 0.3) is 5.91 Å². The van der Waals surface area contributed by atoms with Crippen LogP contribution in [0.1, 0.15) is 40.9 Å². The van der Waals surface area contributed by atoms with Crippen LogP contribution in [0.2, 0.25) is 0 Å². The highest BCUT2D eigenvalue weighted by Gasteiger charge is 2.49.